The second-order valence-corrected chi connectivity index (χ2v) is 8.93. The normalized spacial score (nSPS) is 12.9. The van der Waals surface area contributed by atoms with Crippen molar-refractivity contribution in [2.75, 3.05) is 11.9 Å². The Labute approximate surface area is 212 Å². The van der Waals surface area contributed by atoms with Crippen molar-refractivity contribution in [3.63, 3.8) is 0 Å². The van der Waals surface area contributed by atoms with Crippen LogP contribution < -0.4 is 21.3 Å². The van der Waals surface area contributed by atoms with Gasteiger partial charge in [0.25, 0.3) is 5.56 Å². The standard InChI is InChI=1S/C26H29N5O6/c1-16-8-7-11-19(12-16)37-15-18(32)14-31-21-22(29(2)26(36)30(3)23(21)33)28-25(31)27-20(24(34)35)13-17-9-5-4-6-10-17/h4-12,18,20,32H,13-15H2,1-3H3,(H,27,28)(H,34,35)/t18-,20+/m0/s1. The lowest BCUT2D eigenvalue weighted by Crippen LogP contribution is -2.38. The molecule has 2 atom stereocenters. The first-order valence-electron chi connectivity index (χ1n) is 11.7. The number of aliphatic carboxylic acids is 1. The summed E-state index contributed by atoms with van der Waals surface area (Å²) < 4.78 is 9.27. The van der Waals surface area contributed by atoms with E-state index < -0.39 is 29.4 Å². The summed E-state index contributed by atoms with van der Waals surface area (Å²) >= 11 is 0. The number of benzene rings is 2. The number of imidazole rings is 1. The monoisotopic (exact) mass is 507 g/mol. The Hall–Kier alpha value is -4.38. The van der Waals surface area contributed by atoms with Crippen molar-refractivity contribution in [2.45, 2.75) is 32.0 Å². The maximum absolute atomic E-state index is 13.1. The first-order valence-corrected chi connectivity index (χ1v) is 11.7. The van der Waals surface area contributed by atoms with E-state index in [4.69, 9.17) is 4.74 Å². The number of anilines is 1. The molecule has 0 saturated heterocycles. The van der Waals surface area contributed by atoms with Crippen LogP contribution in [0.15, 0.2) is 64.2 Å². The molecule has 0 radical (unpaired) electrons. The fraction of sp³-hybridized carbons (Fsp3) is 0.308. The van der Waals surface area contributed by atoms with Gasteiger partial charge < -0.3 is 24.8 Å². The minimum atomic E-state index is -1.12. The highest BCUT2D eigenvalue weighted by Gasteiger charge is 2.25. The first-order chi connectivity index (χ1) is 17.7. The summed E-state index contributed by atoms with van der Waals surface area (Å²) in [6.07, 6.45) is -0.923. The molecule has 0 saturated carbocycles. The number of fused-ring (bicyclic) bond motifs is 1. The number of nitrogens with zero attached hydrogens (tertiary/aromatic N) is 4. The van der Waals surface area contributed by atoms with Crippen LogP contribution in [0.25, 0.3) is 11.2 Å². The molecule has 0 unspecified atom stereocenters. The van der Waals surface area contributed by atoms with Crippen molar-refractivity contribution >= 4 is 23.1 Å². The molecule has 0 aliphatic carbocycles. The SMILES string of the molecule is Cc1cccc(OC[C@@H](O)Cn2c(N[C@H](Cc3ccccc3)C(=O)O)nc3c2c(=O)n(C)c(=O)n3C)c1. The lowest BCUT2D eigenvalue weighted by atomic mass is 10.1. The molecule has 2 heterocycles. The molecule has 0 spiro atoms. The highest BCUT2D eigenvalue weighted by Crippen LogP contribution is 2.19. The van der Waals surface area contributed by atoms with E-state index in [0.717, 1.165) is 15.7 Å². The van der Waals surface area contributed by atoms with Crippen molar-refractivity contribution in [2.24, 2.45) is 14.1 Å². The number of carboxylic acid groups (broad SMARTS) is 1. The van der Waals surface area contributed by atoms with Gasteiger partial charge in [-0.1, -0.05) is 42.5 Å². The molecule has 37 heavy (non-hydrogen) atoms. The first kappa shape index (κ1) is 25.7. The topological polar surface area (TPSA) is 141 Å². The average molecular weight is 508 g/mol. The number of rotatable bonds is 10. The molecule has 4 aromatic rings. The van der Waals surface area contributed by atoms with Gasteiger partial charge in [0, 0.05) is 20.5 Å². The zero-order chi connectivity index (χ0) is 26.7. The predicted molar refractivity (Wildman–Crippen MR) is 138 cm³/mol. The van der Waals surface area contributed by atoms with Crippen LogP contribution in [0.5, 0.6) is 5.75 Å². The summed E-state index contributed by atoms with van der Waals surface area (Å²) in [5, 5.41) is 23.6. The fourth-order valence-corrected chi connectivity index (χ4v) is 4.10. The van der Waals surface area contributed by atoms with E-state index in [-0.39, 0.29) is 36.7 Å². The second-order valence-electron chi connectivity index (χ2n) is 8.93. The Bertz CT molecular complexity index is 1540. The van der Waals surface area contributed by atoms with Gasteiger partial charge in [-0.2, -0.15) is 4.98 Å². The minimum Gasteiger partial charge on any atom is -0.491 e. The number of aryl methyl sites for hydroxylation is 2. The number of carbonyl (C=O) groups is 1. The molecule has 0 fully saturated rings. The molecule has 194 valence electrons. The molecule has 0 bridgehead atoms. The summed E-state index contributed by atoms with van der Waals surface area (Å²) in [6.45, 7) is 1.71. The van der Waals surface area contributed by atoms with Crippen LogP contribution in [0.2, 0.25) is 0 Å². The van der Waals surface area contributed by atoms with E-state index in [1.54, 1.807) is 6.07 Å². The van der Waals surface area contributed by atoms with Crippen LogP contribution >= 0.6 is 0 Å². The Morgan fingerprint density at radius 1 is 1.08 bits per heavy atom. The van der Waals surface area contributed by atoms with E-state index >= 15 is 0 Å². The number of aliphatic hydroxyl groups is 1. The van der Waals surface area contributed by atoms with Crippen LogP contribution in [0.1, 0.15) is 11.1 Å². The molecule has 2 aromatic heterocycles. The van der Waals surface area contributed by atoms with Crippen molar-refractivity contribution in [1.82, 2.24) is 18.7 Å². The van der Waals surface area contributed by atoms with Crippen molar-refractivity contribution in [1.29, 1.82) is 0 Å². The molecule has 2 aromatic carbocycles. The second kappa shape index (κ2) is 10.7. The molecule has 0 aliphatic heterocycles. The highest BCUT2D eigenvalue weighted by molar-refractivity contribution is 5.79. The van der Waals surface area contributed by atoms with E-state index in [0.29, 0.717) is 5.75 Å². The van der Waals surface area contributed by atoms with Crippen molar-refractivity contribution in [3.05, 3.63) is 86.6 Å². The van der Waals surface area contributed by atoms with Crippen LogP contribution in [0.3, 0.4) is 0 Å². The molecular formula is C26H29N5O6. The minimum absolute atomic E-state index is 0.0474. The molecule has 0 amide bonds. The van der Waals surface area contributed by atoms with E-state index in [9.17, 15) is 24.6 Å². The third-order valence-electron chi connectivity index (χ3n) is 6.06. The summed E-state index contributed by atoms with van der Waals surface area (Å²) in [5.74, 6) is -0.487. The van der Waals surface area contributed by atoms with Gasteiger partial charge in [-0.05, 0) is 30.2 Å². The molecule has 4 rings (SSSR count). The zero-order valence-electron chi connectivity index (χ0n) is 20.8. The van der Waals surface area contributed by atoms with Gasteiger partial charge >= 0.3 is 11.7 Å². The number of carboxylic acids is 1. The number of ether oxygens (including phenoxy) is 1. The quantitative estimate of drug-likeness (QED) is 0.292. The van der Waals surface area contributed by atoms with Gasteiger partial charge in [0.1, 0.15) is 24.5 Å². The highest BCUT2D eigenvalue weighted by atomic mass is 16.5. The van der Waals surface area contributed by atoms with Crippen LogP contribution in [0, 0.1) is 6.92 Å². The van der Waals surface area contributed by atoms with Gasteiger partial charge in [-0.3, -0.25) is 13.9 Å². The van der Waals surface area contributed by atoms with Gasteiger partial charge in [-0.15, -0.1) is 0 Å². The van der Waals surface area contributed by atoms with Crippen LogP contribution in [0.4, 0.5) is 5.95 Å². The predicted octanol–water partition coefficient (Wildman–Crippen LogP) is 1.29. The van der Waals surface area contributed by atoms with Gasteiger partial charge in [-0.25, -0.2) is 9.59 Å². The molecular weight excluding hydrogens is 478 g/mol. The van der Waals surface area contributed by atoms with Gasteiger partial charge in [0.05, 0.1) is 6.54 Å². The van der Waals surface area contributed by atoms with E-state index in [1.807, 2.05) is 55.5 Å². The third kappa shape index (κ3) is 5.56. The Morgan fingerprint density at radius 2 is 1.81 bits per heavy atom. The van der Waals surface area contributed by atoms with Gasteiger partial charge in [0.15, 0.2) is 11.2 Å². The van der Waals surface area contributed by atoms with E-state index in [2.05, 4.69) is 10.3 Å². The number of nitrogens with one attached hydrogen (secondary N) is 1. The summed E-state index contributed by atoms with van der Waals surface area (Å²) in [5.41, 5.74) is 0.745. The fourth-order valence-electron chi connectivity index (χ4n) is 4.10. The molecule has 0 aliphatic rings. The molecule has 11 nitrogen and oxygen atoms in total. The summed E-state index contributed by atoms with van der Waals surface area (Å²) in [4.78, 5) is 42.1. The Morgan fingerprint density at radius 3 is 2.49 bits per heavy atom. The van der Waals surface area contributed by atoms with Crippen molar-refractivity contribution in [3.8, 4) is 5.75 Å². The average Bonchev–Trinajstić information content (AvgIpc) is 3.23. The lowest BCUT2D eigenvalue weighted by molar-refractivity contribution is -0.137. The number of aliphatic hydroxyl groups excluding tert-OH is 1. The smallest absolute Gasteiger partial charge is 0.332 e. The van der Waals surface area contributed by atoms with Crippen LogP contribution in [-0.2, 0) is 31.9 Å². The largest absolute Gasteiger partial charge is 0.491 e. The summed E-state index contributed by atoms with van der Waals surface area (Å²) in [7, 11) is 2.82. The number of hydrogen-bond donors (Lipinski definition) is 3. The van der Waals surface area contributed by atoms with Gasteiger partial charge in [0.2, 0.25) is 5.95 Å². The zero-order valence-corrected chi connectivity index (χ0v) is 20.8. The Balaban J connectivity index is 1.70. The molecule has 11 heteroatoms. The molecule has 3 N–H and O–H groups in total. The maximum atomic E-state index is 13.1. The lowest BCUT2D eigenvalue weighted by Gasteiger charge is -2.19. The number of hydrogen-bond acceptors (Lipinski definition) is 7. The number of aromatic nitrogens is 4. The third-order valence-corrected chi connectivity index (χ3v) is 6.06. The summed E-state index contributed by atoms with van der Waals surface area (Å²) in [6, 6.07) is 15.4. The maximum Gasteiger partial charge on any atom is 0.332 e. The van der Waals surface area contributed by atoms with E-state index in [1.165, 1.54) is 23.2 Å². The van der Waals surface area contributed by atoms with Crippen molar-refractivity contribution < 1.29 is 19.7 Å². The Kier molecular flexibility index (Phi) is 7.44. The van der Waals surface area contributed by atoms with Crippen LogP contribution in [-0.4, -0.2) is 53.6 Å².